The highest BCUT2D eigenvalue weighted by Crippen LogP contribution is 2.44. The molecule has 0 atom stereocenters. The van der Waals surface area contributed by atoms with Gasteiger partial charge in [-0.05, 0) is 52.6 Å². The van der Waals surface area contributed by atoms with Crippen LogP contribution in [0.25, 0.3) is 23.1 Å². The molecule has 0 amide bonds. The Labute approximate surface area is 242 Å². The molecule has 0 bridgehead atoms. The molecule has 0 radical (unpaired) electrons. The van der Waals surface area contributed by atoms with Gasteiger partial charge in [0.15, 0.2) is 0 Å². The summed E-state index contributed by atoms with van der Waals surface area (Å²) in [6, 6.07) is 39.9. The first-order valence-electron chi connectivity index (χ1n) is 13.5. The standard InChI is InChI=1S/C36H27FN2O3/c1-42-34-30(35(40)41)21-23-32-33(34)31(22-20-25-12-11-19-29(37)24-25)38-39(32)36(26-13-5-2-6-14-26,27-15-7-3-8-16-27)28-17-9-4-10-18-28/h2-24H,1H3,(H,40,41)/b22-20+. The van der Waals surface area contributed by atoms with Crippen LogP contribution in [0.1, 0.15) is 38.3 Å². The minimum absolute atomic E-state index is 0.0229. The molecular formula is C36H27FN2O3. The Kier molecular flexibility index (Phi) is 7.11. The molecule has 0 aliphatic heterocycles. The molecule has 1 aromatic heterocycles. The monoisotopic (exact) mass is 554 g/mol. The Morgan fingerprint density at radius 3 is 1.86 bits per heavy atom. The average Bonchev–Trinajstić information content (AvgIpc) is 3.40. The summed E-state index contributed by atoms with van der Waals surface area (Å²) in [6.07, 6.45) is 3.53. The van der Waals surface area contributed by atoms with Gasteiger partial charge in [-0.1, -0.05) is 109 Å². The molecule has 6 rings (SSSR count). The second kappa shape index (κ2) is 11.2. The molecule has 1 heterocycles. The molecule has 0 fully saturated rings. The fourth-order valence-electron chi connectivity index (χ4n) is 5.65. The number of ether oxygens (including phenoxy) is 1. The van der Waals surface area contributed by atoms with Gasteiger partial charge in [-0.15, -0.1) is 0 Å². The van der Waals surface area contributed by atoms with Gasteiger partial charge in [-0.25, -0.2) is 13.9 Å². The summed E-state index contributed by atoms with van der Waals surface area (Å²) in [5, 5.41) is 15.8. The number of hydrogen-bond acceptors (Lipinski definition) is 3. The maximum absolute atomic E-state index is 14.0. The van der Waals surface area contributed by atoms with Gasteiger partial charge in [0.2, 0.25) is 0 Å². The van der Waals surface area contributed by atoms with E-state index < -0.39 is 11.5 Å². The fraction of sp³-hybridized carbons (Fsp3) is 0.0556. The molecule has 0 saturated carbocycles. The molecule has 206 valence electrons. The second-order valence-electron chi connectivity index (χ2n) is 9.84. The molecule has 0 spiro atoms. The quantitative estimate of drug-likeness (QED) is 0.194. The zero-order valence-electron chi connectivity index (χ0n) is 22.8. The minimum Gasteiger partial charge on any atom is -0.495 e. The molecule has 0 aliphatic rings. The van der Waals surface area contributed by atoms with Crippen molar-refractivity contribution in [3.63, 3.8) is 0 Å². The van der Waals surface area contributed by atoms with Crippen LogP contribution in [0.3, 0.4) is 0 Å². The number of aromatic nitrogens is 2. The van der Waals surface area contributed by atoms with Gasteiger partial charge in [0.1, 0.15) is 22.7 Å². The highest BCUT2D eigenvalue weighted by molar-refractivity contribution is 6.03. The highest BCUT2D eigenvalue weighted by atomic mass is 19.1. The van der Waals surface area contributed by atoms with Crippen molar-refractivity contribution in [3.8, 4) is 5.75 Å². The number of hydrogen-bond donors (Lipinski definition) is 1. The van der Waals surface area contributed by atoms with Crippen molar-refractivity contribution in [2.24, 2.45) is 0 Å². The van der Waals surface area contributed by atoms with Gasteiger partial charge < -0.3 is 9.84 Å². The van der Waals surface area contributed by atoms with E-state index >= 15 is 0 Å². The summed E-state index contributed by atoms with van der Waals surface area (Å²) in [7, 11) is 1.46. The molecular weight excluding hydrogens is 527 g/mol. The van der Waals surface area contributed by atoms with Crippen molar-refractivity contribution in [1.29, 1.82) is 0 Å². The van der Waals surface area contributed by atoms with E-state index in [1.165, 1.54) is 19.2 Å². The fourth-order valence-corrected chi connectivity index (χ4v) is 5.65. The third-order valence-corrected chi connectivity index (χ3v) is 7.44. The highest BCUT2D eigenvalue weighted by Gasteiger charge is 2.41. The van der Waals surface area contributed by atoms with Crippen LogP contribution in [0.4, 0.5) is 4.39 Å². The topological polar surface area (TPSA) is 64.3 Å². The van der Waals surface area contributed by atoms with E-state index in [-0.39, 0.29) is 17.1 Å². The summed E-state index contributed by atoms with van der Waals surface area (Å²) in [6.45, 7) is 0. The van der Waals surface area contributed by atoms with Gasteiger partial charge in [0.25, 0.3) is 0 Å². The second-order valence-corrected chi connectivity index (χ2v) is 9.84. The van der Waals surface area contributed by atoms with Crippen molar-refractivity contribution in [2.75, 3.05) is 7.11 Å². The van der Waals surface area contributed by atoms with Gasteiger partial charge >= 0.3 is 5.97 Å². The number of methoxy groups -OCH3 is 1. The zero-order valence-corrected chi connectivity index (χ0v) is 22.8. The van der Waals surface area contributed by atoms with E-state index in [0.717, 1.165) is 16.7 Å². The predicted molar refractivity (Wildman–Crippen MR) is 163 cm³/mol. The van der Waals surface area contributed by atoms with Crippen LogP contribution in [0.15, 0.2) is 127 Å². The smallest absolute Gasteiger partial charge is 0.339 e. The molecule has 0 saturated heterocycles. The summed E-state index contributed by atoms with van der Waals surface area (Å²) in [5.41, 5.74) is 3.79. The van der Waals surface area contributed by atoms with Gasteiger partial charge in [0.05, 0.1) is 23.7 Å². The molecule has 5 nitrogen and oxygen atoms in total. The number of rotatable bonds is 8. The lowest BCUT2D eigenvalue weighted by Crippen LogP contribution is -2.38. The van der Waals surface area contributed by atoms with Crippen molar-refractivity contribution in [3.05, 3.63) is 167 Å². The lowest BCUT2D eigenvalue weighted by Gasteiger charge is -2.37. The number of fused-ring (bicyclic) bond motifs is 1. The normalized spacial score (nSPS) is 11.7. The first-order valence-corrected chi connectivity index (χ1v) is 13.5. The number of nitrogens with zero attached hydrogens (tertiary/aromatic N) is 2. The van der Waals surface area contributed by atoms with E-state index in [0.29, 0.717) is 22.2 Å². The van der Waals surface area contributed by atoms with E-state index in [4.69, 9.17) is 9.84 Å². The number of halogens is 1. The SMILES string of the molecule is COc1c(C(=O)O)ccc2c1c(/C=C/c1cccc(F)c1)nn2C(c1ccccc1)(c1ccccc1)c1ccccc1. The molecule has 1 N–H and O–H groups in total. The minimum atomic E-state index is -1.11. The molecule has 0 unspecified atom stereocenters. The predicted octanol–water partition coefficient (Wildman–Crippen LogP) is 7.89. The van der Waals surface area contributed by atoms with E-state index in [9.17, 15) is 14.3 Å². The van der Waals surface area contributed by atoms with Crippen LogP contribution in [0.2, 0.25) is 0 Å². The number of benzene rings is 5. The van der Waals surface area contributed by atoms with Crippen LogP contribution in [0.5, 0.6) is 5.75 Å². The number of carboxylic acids is 1. The Morgan fingerprint density at radius 1 is 0.786 bits per heavy atom. The lowest BCUT2D eigenvalue weighted by atomic mass is 9.77. The van der Waals surface area contributed by atoms with Crippen molar-refractivity contribution in [1.82, 2.24) is 9.78 Å². The van der Waals surface area contributed by atoms with Crippen molar-refractivity contribution in [2.45, 2.75) is 5.54 Å². The maximum atomic E-state index is 14.0. The third kappa shape index (κ3) is 4.53. The van der Waals surface area contributed by atoms with Crippen LogP contribution < -0.4 is 4.74 Å². The molecule has 5 aromatic carbocycles. The van der Waals surface area contributed by atoms with Crippen LogP contribution in [-0.4, -0.2) is 28.0 Å². The van der Waals surface area contributed by atoms with Crippen molar-refractivity contribution >= 4 is 29.0 Å². The summed E-state index contributed by atoms with van der Waals surface area (Å²) >= 11 is 0. The molecule has 0 aliphatic carbocycles. The summed E-state index contributed by atoms with van der Waals surface area (Å²) < 4.78 is 21.7. The summed E-state index contributed by atoms with van der Waals surface area (Å²) in [5.74, 6) is -1.26. The Balaban J connectivity index is 1.76. The van der Waals surface area contributed by atoms with Crippen LogP contribution in [0, 0.1) is 5.82 Å². The summed E-state index contributed by atoms with van der Waals surface area (Å²) in [4.78, 5) is 12.3. The molecule has 6 heteroatoms. The number of carbonyl (C=O) groups is 1. The first-order chi connectivity index (χ1) is 20.5. The zero-order chi connectivity index (χ0) is 29.1. The largest absolute Gasteiger partial charge is 0.495 e. The van der Waals surface area contributed by atoms with Crippen LogP contribution in [-0.2, 0) is 5.54 Å². The lowest BCUT2D eigenvalue weighted by molar-refractivity contribution is 0.0693. The van der Waals surface area contributed by atoms with E-state index in [1.807, 2.05) is 59.3 Å². The van der Waals surface area contributed by atoms with Gasteiger partial charge in [-0.2, -0.15) is 5.10 Å². The van der Waals surface area contributed by atoms with Gasteiger partial charge in [-0.3, -0.25) is 0 Å². The van der Waals surface area contributed by atoms with Gasteiger partial charge in [0, 0.05) is 0 Å². The average molecular weight is 555 g/mol. The molecule has 6 aromatic rings. The van der Waals surface area contributed by atoms with Crippen molar-refractivity contribution < 1.29 is 19.0 Å². The Bertz CT molecular complexity index is 1800. The molecule has 42 heavy (non-hydrogen) atoms. The Morgan fingerprint density at radius 2 is 1.36 bits per heavy atom. The van der Waals surface area contributed by atoms with E-state index in [1.54, 1.807) is 36.4 Å². The number of carboxylic acid groups (broad SMARTS) is 1. The first kappa shape index (κ1) is 26.7. The van der Waals surface area contributed by atoms with E-state index in [2.05, 4.69) is 36.4 Å². The maximum Gasteiger partial charge on any atom is 0.339 e. The Hall–Kier alpha value is -5.49. The van der Waals surface area contributed by atoms with Crippen LogP contribution >= 0.6 is 0 Å². The number of aromatic carboxylic acids is 1. The third-order valence-electron chi connectivity index (χ3n) is 7.44.